The Bertz CT molecular complexity index is 349. The van der Waals surface area contributed by atoms with Gasteiger partial charge in [-0.05, 0) is 31.6 Å². The number of oxime groups is 1. The molecule has 0 spiro atoms. The molecule has 5 heteroatoms. The molecule has 1 rings (SSSR count). The van der Waals surface area contributed by atoms with Crippen LogP contribution < -0.4 is 5.73 Å². The number of likely N-dealkylation sites (tertiary alicyclic amines) is 1. The Morgan fingerprint density at radius 2 is 2.05 bits per heavy atom. The smallest absolute Gasteiger partial charge is 0.236 e. The van der Waals surface area contributed by atoms with E-state index in [2.05, 4.69) is 19.0 Å². The number of nitrogens with two attached hydrogens (primary N) is 1. The summed E-state index contributed by atoms with van der Waals surface area (Å²) in [6.07, 6.45) is 3.19. The van der Waals surface area contributed by atoms with Gasteiger partial charge in [-0.1, -0.05) is 32.9 Å². The first-order valence-electron chi connectivity index (χ1n) is 7.23. The molecule has 0 radical (unpaired) electrons. The third kappa shape index (κ3) is 2.69. The van der Waals surface area contributed by atoms with Gasteiger partial charge in [0.25, 0.3) is 0 Å². The maximum absolute atomic E-state index is 12.9. The minimum absolute atomic E-state index is 0.0176. The summed E-state index contributed by atoms with van der Waals surface area (Å²) >= 11 is 0. The van der Waals surface area contributed by atoms with Gasteiger partial charge in [-0.15, -0.1) is 0 Å². The van der Waals surface area contributed by atoms with E-state index in [4.69, 9.17) is 10.9 Å². The van der Waals surface area contributed by atoms with Crippen molar-refractivity contribution in [3.63, 3.8) is 0 Å². The van der Waals surface area contributed by atoms with Crippen LogP contribution in [0, 0.1) is 11.3 Å². The number of carbonyl (C=O) groups is 1. The molecular weight excluding hydrogens is 242 g/mol. The molecule has 110 valence electrons. The van der Waals surface area contributed by atoms with Crippen LogP contribution in [0.3, 0.4) is 0 Å². The predicted molar refractivity (Wildman–Crippen MR) is 76.0 cm³/mol. The minimum atomic E-state index is -0.855. The van der Waals surface area contributed by atoms with E-state index in [1.54, 1.807) is 0 Å². The molecule has 1 heterocycles. The summed E-state index contributed by atoms with van der Waals surface area (Å²) in [7, 11) is 0. The molecule has 0 saturated carbocycles. The number of amidine groups is 1. The van der Waals surface area contributed by atoms with Crippen LogP contribution in [0.4, 0.5) is 0 Å². The van der Waals surface area contributed by atoms with Crippen molar-refractivity contribution in [3.05, 3.63) is 0 Å². The SMILES string of the molecule is CCC(CC)(C(=O)N1CCCC1C(C)C)C(N)=NO. The van der Waals surface area contributed by atoms with Gasteiger partial charge in [-0.25, -0.2) is 0 Å². The second-order valence-corrected chi connectivity index (χ2v) is 5.73. The number of hydrogen-bond acceptors (Lipinski definition) is 3. The van der Waals surface area contributed by atoms with Crippen LogP contribution in [-0.4, -0.2) is 34.4 Å². The average Bonchev–Trinajstić information content (AvgIpc) is 2.89. The molecule has 0 aromatic rings. The summed E-state index contributed by atoms with van der Waals surface area (Å²) in [4.78, 5) is 14.8. The fraction of sp³-hybridized carbons (Fsp3) is 0.857. The Labute approximate surface area is 115 Å². The standard InChI is InChI=1S/C14H27N3O2/c1-5-14(6-2,12(15)16-19)13(18)17-9-7-8-11(17)10(3)4/h10-11,19H,5-9H2,1-4H3,(H2,15,16). The van der Waals surface area contributed by atoms with E-state index in [-0.39, 0.29) is 17.8 Å². The number of amides is 1. The Kier molecular flexibility index (Phi) is 5.20. The molecular formula is C14H27N3O2. The summed E-state index contributed by atoms with van der Waals surface area (Å²) in [5, 5.41) is 12.1. The van der Waals surface area contributed by atoms with Crippen molar-refractivity contribution >= 4 is 11.7 Å². The van der Waals surface area contributed by atoms with Gasteiger partial charge >= 0.3 is 0 Å². The normalized spacial score (nSPS) is 21.2. The van der Waals surface area contributed by atoms with Crippen molar-refractivity contribution in [3.8, 4) is 0 Å². The lowest BCUT2D eigenvalue weighted by atomic mass is 9.79. The molecule has 1 unspecified atom stereocenters. The van der Waals surface area contributed by atoms with Crippen molar-refractivity contribution in [1.82, 2.24) is 4.90 Å². The molecule has 1 aliphatic rings. The first-order valence-corrected chi connectivity index (χ1v) is 7.23. The number of carbonyl (C=O) groups excluding carboxylic acids is 1. The Balaban J connectivity index is 3.07. The molecule has 1 saturated heterocycles. The van der Waals surface area contributed by atoms with Crippen molar-refractivity contribution in [2.45, 2.75) is 59.4 Å². The Morgan fingerprint density at radius 1 is 1.47 bits per heavy atom. The van der Waals surface area contributed by atoms with E-state index in [9.17, 15) is 4.79 Å². The molecule has 1 amide bonds. The van der Waals surface area contributed by atoms with Crippen molar-refractivity contribution < 1.29 is 10.0 Å². The van der Waals surface area contributed by atoms with E-state index in [0.29, 0.717) is 18.8 Å². The second kappa shape index (κ2) is 6.26. The lowest BCUT2D eigenvalue weighted by molar-refractivity contribution is -0.140. The molecule has 1 aliphatic heterocycles. The summed E-state index contributed by atoms with van der Waals surface area (Å²) < 4.78 is 0. The van der Waals surface area contributed by atoms with Crippen molar-refractivity contribution in [1.29, 1.82) is 0 Å². The van der Waals surface area contributed by atoms with Crippen LogP contribution in [0.5, 0.6) is 0 Å². The highest BCUT2D eigenvalue weighted by atomic mass is 16.4. The summed E-state index contributed by atoms with van der Waals surface area (Å²) in [5.74, 6) is 0.492. The average molecular weight is 269 g/mol. The van der Waals surface area contributed by atoms with E-state index >= 15 is 0 Å². The highest BCUT2D eigenvalue weighted by Gasteiger charge is 2.45. The molecule has 0 bridgehead atoms. The molecule has 1 atom stereocenters. The predicted octanol–water partition coefficient (Wildman–Crippen LogP) is 2.19. The summed E-state index contributed by atoms with van der Waals surface area (Å²) in [6.45, 7) is 8.89. The molecule has 0 aromatic carbocycles. The van der Waals surface area contributed by atoms with Crippen molar-refractivity contribution in [2.24, 2.45) is 22.2 Å². The molecule has 0 aliphatic carbocycles. The van der Waals surface area contributed by atoms with Crippen LogP contribution >= 0.6 is 0 Å². The van der Waals surface area contributed by atoms with E-state index in [1.807, 2.05) is 18.7 Å². The molecule has 5 nitrogen and oxygen atoms in total. The van der Waals surface area contributed by atoms with Gasteiger partial charge < -0.3 is 15.8 Å². The topological polar surface area (TPSA) is 78.9 Å². The molecule has 1 fully saturated rings. The molecule has 19 heavy (non-hydrogen) atoms. The van der Waals surface area contributed by atoms with Gasteiger partial charge in [0.2, 0.25) is 5.91 Å². The van der Waals surface area contributed by atoms with E-state index in [0.717, 1.165) is 19.4 Å². The highest BCUT2D eigenvalue weighted by Crippen LogP contribution is 2.34. The van der Waals surface area contributed by atoms with E-state index in [1.165, 1.54) is 0 Å². The maximum atomic E-state index is 12.9. The zero-order chi connectivity index (χ0) is 14.6. The lowest BCUT2D eigenvalue weighted by Gasteiger charge is -2.37. The van der Waals surface area contributed by atoms with E-state index < -0.39 is 5.41 Å². The summed E-state index contributed by atoms with van der Waals surface area (Å²) in [5.41, 5.74) is 4.96. The third-order valence-electron chi connectivity index (χ3n) is 4.54. The van der Waals surface area contributed by atoms with Gasteiger partial charge in [0.15, 0.2) is 5.84 Å². The Hall–Kier alpha value is -1.26. The molecule has 0 aromatic heterocycles. The van der Waals surface area contributed by atoms with Gasteiger partial charge in [0.1, 0.15) is 5.41 Å². The number of hydrogen-bond donors (Lipinski definition) is 2. The maximum Gasteiger partial charge on any atom is 0.236 e. The van der Waals surface area contributed by atoms with Crippen LogP contribution in [0.1, 0.15) is 53.4 Å². The summed E-state index contributed by atoms with van der Waals surface area (Å²) in [6, 6.07) is 0.275. The molecule has 3 N–H and O–H groups in total. The fourth-order valence-corrected chi connectivity index (χ4v) is 3.13. The van der Waals surface area contributed by atoms with Crippen LogP contribution in [0.15, 0.2) is 5.16 Å². The minimum Gasteiger partial charge on any atom is -0.409 e. The van der Waals surface area contributed by atoms with Crippen LogP contribution in [-0.2, 0) is 4.79 Å². The van der Waals surface area contributed by atoms with Crippen LogP contribution in [0.25, 0.3) is 0 Å². The fourth-order valence-electron chi connectivity index (χ4n) is 3.13. The highest BCUT2D eigenvalue weighted by molar-refractivity contribution is 6.06. The quantitative estimate of drug-likeness (QED) is 0.347. The first-order chi connectivity index (χ1) is 8.94. The zero-order valence-corrected chi connectivity index (χ0v) is 12.5. The second-order valence-electron chi connectivity index (χ2n) is 5.73. The monoisotopic (exact) mass is 269 g/mol. The van der Waals surface area contributed by atoms with Crippen molar-refractivity contribution in [2.75, 3.05) is 6.54 Å². The van der Waals surface area contributed by atoms with Gasteiger partial charge in [-0.2, -0.15) is 0 Å². The lowest BCUT2D eigenvalue weighted by Crippen LogP contribution is -2.53. The third-order valence-corrected chi connectivity index (χ3v) is 4.54. The van der Waals surface area contributed by atoms with Gasteiger partial charge in [0.05, 0.1) is 0 Å². The van der Waals surface area contributed by atoms with Gasteiger partial charge in [-0.3, -0.25) is 4.79 Å². The largest absolute Gasteiger partial charge is 0.409 e. The first kappa shape index (κ1) is 15.8. The van der Waals surface area contributed by atoms with Gasteiger partial charge in [0, 0.05) is 12.6 Å². The Morgan fingerprint density at radius 3 is 2.47 bits per heavy atom. The number of rotatable bonds is 5. The van der Waals surface area contributed by atoms with Crippen LogP contribution in [0.2, 0.25) is 0 Å². The number of nitrogens with zero attached hydrogens (tertiary/aromatic N) is 2. The zero-order valence-electron chi connectivity index (χ0n) is 12.5.